The first-order valence-corrected chi connectivity index (χ1v) is 6.80. The van der Waals surface area contributed by atoms with Crippen LogP contribution < -0.4 is 10.1 Å². The van der Waals surface area contributed by atoms with Gasteiger partial charge in [-0.05, 0) is 30.7 Å². The van der Waals surface area contributed by atoms with Crippen molar-refractivity contribution in [2.75, 3.05) is 6.61 Å². The molecule has 1 amide bonds. The van der Waals surface area contributed by atoms with Crippen LogP contribution in [0.3, 0.4) is 0 Å². The van der Waals surface area contributed by atoms with E-state index < -0.39 is 23.9 Å². The second kappa shape index (κ2) is 8.25. The molecule has 0 aromatic heterocycles. The van der Waals surface area contributed by atoms with Crippen LogP contribution in [-0.4, -0.2) is 40.7 Å². The Morgan fingerprint density at radius 1 is 1.19 bits per heavy atom. The SMILES string of the molecule is O=C(O)CC[C@H](NC(=O)COc1ccc(Br)cc1)C(=O)O. The van der Waals surface area contributed by atoms with Crippen LogP contribution in [0.2, 0.25) is 0 Å². The molecule has 0 saturated carbocycles. The summed E-state index contributed by atoms with van der Waals surface area (Å²) in [7, 11) is 0. The average Bonchev–Trinajstić information content (AvgIpc) is 2.42. The van der Waals surface area contributed by atoms with Crippen molar-refractivity contribution in [3.05, 3.63) is 28.7 Å². The van der Waals surface area contributed by atoms with Crippen molar-refractivity contribution >= 4 is 33.8 Å². The van der Waals surface area contributed by atoms with E-state index >= 15 is 0 Å². The summed E-state index contributed by atoms with van der Waals surface area (Å²) in [6, 6.07) is 5.52. The molecule has 1 aromatic carbocycles. The number of ether oxygens (including phenoxy) is 1. The van der Waals surface area contributed by atoms with Gasteiger partial charge in [-0.2, -0.15) is 0 Å². The lowest BCUT2D eigenvalue weighted by atomic mass is 10.1. The van der Waals surface area contributed by atoms with E-state index in [1.54, 1.807) is 24.3 Å². The predicted octanol–water partition coefficient (Wildman–Crippen LogP) is 1.26. The van der Waals surface area contributed by atoms with Gasteiger partial charge in [-0.1, -0.05) is 15.9 Å². The fourth-order valence-corrected chi connectivity index (χ4v) is 1.71. The zero-order chi connectivity index (χ0) is 15.8. The second-order valence-electron chi connectivity index (χ2n) is 4.13. The summed E-state index contributed by atoms with van der Waals surface area (Å²) < 4.78 is 6.05. The molecule has 1 rings (SSSR count). The van der Waals surface area contributed by atoms with Gasteiger partial charge < -0.3 is 20.3 Å². The monoisotopic (exact) mass is 359 g/mol. The number of carboxylic acids is 2. The van der Waals surface area contributed by atoms with Crippen LogP contribution in [0, 0.1) is 0 Å². The van der Waals surface area contributed by atoms with E-state index in [0.717, 1.165) is 4.47 Å². The molecule has 0 aliphatic carbocycles. The van der Waals surface area contributed by atoms with E-state index in [0.29, 0.717) is 5.75 Å². The molecule has 1 aromatic rings. The minimum absolute atomic E-state index is 0.186. The summed E-state index contributed by atoms with van der Waals surface area (Å²) in [5, 5.41) is 19.6. The van der Waals surface area contributed by atoms with E-state index in [4.69, 9.17) is 14.9 Å². The van der Waals surface area contributed by atoms with Gasteiger partial charge >= 0.3 is 11.9 Å². The lowest BCUT2D eigenvalue weighted by molar-refractivity contribution is -0.143. The summed E-state index contributed by atoms with van der Waals surface area (Å²) >= 11 is 3.25. The normalized spacial score (nSPS) is 11.5. The number of halogens is 1. The number of aliphatic carboxylic acids is 2. The number of carboxylic acid groups (broad SMARTS) is 2. The number of benzene rings is 1. The highest BCUT2D eigenvalue weighted by Crippen LogP contribution is 2.15. The number of carbonyl (C=O) groups is 3. The molecule has 3 N–H and O–H groups in total. The number of hydrogen-bond donors (Lipinski definition) is 3. The van der Waals surface area contributed by atoms with E-state index in [9.17, 15) is 14.4 Å². The Labute approximate surface area is 129 Å². The number of hydrogen-bond acceptors (Lipinski definition) is 4. The Kier molecular flexibility index (Phi) is 6.67. The molecule has 0 bridgehead atoms. The first kappa shape index (κ1) is 17.0. The highest BCUT2D eigenvalue weighted by Gasteiger charge is 2.21. The molecule has 7 nitrogen and oxygen atoms in total. The van der Waals surface area contributed by atoms with Crippen molar-refractivity contribution in [2.24, 2.45) is 0 Å². The Bertz CT molecular complexity index is 516. The van der Waals surface area contributed by atoms with Crippen molar-refractivity contribution in [1.29, 1.82) is 0 Å². The van der Waals surface area contributed by atoms with Crippen molar-refractivity contribution in [3.63, 3.8) is 0 Å². The molecule has 8 heteroatoms. The molecule has 0 unspecified atom stereocenters. The smallest absolute Gasteiger partial charge is 0.326 e. The van der Waals surface area contributed by atoms with Crippen molar-refractivity contribution in [3.8, 4) is 5.75 Å². The lowest BCUT2D eigenvalue weighted by Crippen LogP contribution is -2.43. The predicted molar refractivity (Wildman–Crippen MR) is 76.1 cm³/mol. The van der Waals surface area contributed by atoms with Gasteiger partial charge in [0.2, 0.25) is 0 Å². The summed E-state index contributed by atoms with van der Waals surface area (Å²) in [4.78, 5) is 32.9. The Balaban J connectivity index is 2.44. The van der Waals surface area contributed by atoms with Crippen LogP contribution in [0.25, 0.3) is 0 Å². The fraction of sp³-hybridized carbons (Fsp3) is 0.308. The van der Waals surface area contributed by atoms with Gasteiger partial charge in [0.05, 0.1) is 0 Å². The van der Waals surface area contributed by atoms with Gasteiger partial charge in [-0.15, -0.1) is 0 Å². The molecule has 0 fully saturated rings. The summed E-state index contributed by atoms with van der Waals surface area (Å²) in [5.41, 5.74) is 0. The van der Waals surface area contributed by atoms with Gasteiger partial charge in [-0.3, -0.25) is 9.59 Å². The Morgan fingerprint density at radius 2 is 1.81 bits per heavy atom. The lowest BCUT2D eigenvalue weighted by Gasteiger charge is -2.14. The van der Waals surface area contributed by atoms with Crippen LogP contribution >= 0.6 is 15.9 Å². The molecule has 21 heavy (non-hydrogen) atoms. The fourth-order valence-electron chi connectivity index (χ4n) is 1.44. The molecular formula is C13H14BrNO6. The van der Waals surface area contributed by atoms with Crippen LogP contribution in [0.15, 0.2) is 28.7 Å². The minimum atomic E-state index is -1.28. The van der Waals surface area contributed by atoms with Gasteiger partial charge in [0.1, 0.15) is 11.8 Å². The zero-order valence-electron chi connectivity index (χ0n) is 10.9. The molecular weight excluding hydrogens is 346 g/mol. The average molecular weight is 360 g/mol. The van der Waals surface area contributed by atoms with Gasteiger partial charge in [0.25, 0.3) is 5.91 Å². The highest BCUT2D eigenvalue weighted by atomic mass is 79.9. The van der Waals surface area contributed by atoms with Crippen molar-refractivity contribution < 1.29 is 29.3 Å². The van der Waals surface area contributed by atoms with Gasteiger partial charge in [0, 0.05) is 10.9 Å². The first-order chi connectivity index (χ1) is 9.88. The van der Waals surface area contributed by atoms with Crippen molar-refractivity contribution in [1.82, 2.24) is 5.32 Å². The maximum absolute atomic E-state index is 11.6. The molecule has 0 saturated heterocycles. The second-order valence-corrected chi connectivity index (χ2v) is 5.05. The number of nitrogens with one attached hydrogen (secondary N) is 1. The highest BCUT2D eigenvalue weighted by molar-refractivity contribution is 9.10. The van der Waals surface area contributed by atoms with Crippen LogP contribution in [0.4, 0.5) is 0 Å². The molecule has 114 valence electrons. The third-order valence-electron chi connectivity index (χ3n) is 2.46. The molecule has 0 spiro atoms. The summed E-state index contributed by atoms with van der Waals surface area (Å²) in [5.74, 6) is -2.57. The third kappa shape index (κ3) is 6.75. The molecule has 0 aliphatic heterocycles. The zero-order valence-corrected chi connectivity index (χ0v) is 12.5. The molecule has 0 radical (unpaired) electrons. The maximum Gasteiger partial charge on any atom is 0.326 e. The molecule has 0 aliphatic rings. The van der Waals surface area contributed by atoms with E-state index in [2.05, 4.69) is 21.2 Å². The van der Waals surface area contributed by atoms with Crippen molar-refractivity contribution in [2.45, 2.75) is 18.9 Å². The largest absolute Gasteiger partial charge is 0.484 e. The van der Waals surface area contributed by atoms with Crippen LogP contribution in [-0.2, 0) is 14.4 Å². The summed E-state index contributed by atoms with van der Waals surface area (Å²) in [6.45, 7) is -0.349. The quantitative estimate of drug-likeness (QED) is 0.643. The summed E-state index contributed by atoms with van der Waals surface area (Å²) in [6.07, 6.45) is -0.528. The Hall–Kier alpha value is -2.09. The minimum Gasteiger partial charge on any atom is -0.484 e. The molecule has 1 atom stereocenters. The van der Waals surface area contributed by atoms with Gasteiger partial charge in [-0.25, -0.2) is 4.79 Å². The van der Waals surface area contributed by atoms with Crippen LogP contribution in [0.1, 0.15) is 12.8 Å². The molecule has 0 heterocycles. The van der Waals surface area contributed by atoms with E-state index in [1.165, 1.54) is 0 Å². The standard InChI is InChI=1S/C13H14BrNO6/c14-8-1-3-9(4-2-8)21-7-11(16)15-10(13(19)20)5-6-12(17)18/h1-4,10H,5-7H2,(H,15,16)(H,17,18)(H,19,20)/t10-/m0/s1. The maximum atomic E-state index is 11.6. The van der Waals surface area contributed by atoms with Gasteiger partial charge in [0.15, 0.2) is 6.61 Å². The first-order valence-electron chi connectivity index (χ1n) is 6.01. The van der Waals surface area contributed by atoms with E-state index in [-0.39, 0.29) is 19.4 Å². The third-order valence-corrected chi connectivity index (χ3v) is 2.99. The van der Waals surface area contributed by atoms with E-state index in [1.807, 2.05) is 0 Å². The number of amides is 1. The Morgan fingerprint density at radius 3 is 2.33 bits per heavy atom. The van der Waals surface area contributed by atoms with Crippen LogP contribution in [0.5, 0.6) is 5.75 Å². The number of carbonyl (C=O) groups excluding carboxylic acids is 1. The topological polar surface area (TPSA) is 113 Å². The number of rotatable bonds is 8.